The van der Waals surface area contributed by atoms with Gasteiger partial charge in [0, 0.05) is 35.3 Å². The van der Waals surface area contributed by atoms with Crippen LogP contribution in [0.15, 0.2) is 71.6 Å². The van der Waals surface area contributed by atoms with Crippen LogP contribution in [0, 0.1) is 18.7 Å². The number of carbonyl (C=O) groups is 1. The molecular weight excluding hydrogens is 553 g/mol. The van der Waals surface area contributed by atoms with E-state index < -0.39 is 37.5 Å². The Kier molecular flexibility index (Phi) is 8.41. The maximum atomic E-state index is 13.9. The Balaban J connectivity index is 1.32. The van der Waals surface area contributed by atoms with Gasteiger partial charge in [-0.3, -0.25) is 9.52 Å². The number of carbonyl (C=O) groups excluding carboxylic acids is 1. The maximum Gasteiger partial charge on any atom is 0.261 e. The normalized spacial score (nSPS) is 15.2. The molecule has 8 nitrogen and oxygen atoms in total. The Hall–Kier alpha value is -2.99. The Morgan fingerprint density at radius 2 is 1.61 bits per heavy atom. The van der Waals surface area contributed by atoms with Crippen LogP contribution in [0.1, 0.15) is 24.0 Å². The Morgan fingerprint density at radius 3 is 2.24 bits per heavy atom. The summed E-state index contributed by atoms with van der Waals surface area (Å²) in [7, 11) is -7.58. The van der Waals surface area contributed by atoms with Crippen molar-refractivity contribution in [2.24, 2.45) is 5.92 Å². The summed E-state index contributed by atoms with van der Waals surface area (Å²) in [5.41, 5.74) is 1.68. The standard InChI is InChI=1S/C26H27ClFN3O5S2/c1-18-6-7-22(16-24(18)27)30-38(35,36)23-10-8-21(9-11-23)29-26(32)19-12-14-31(15-13-19)37(33,34)17-20-4-2-3-5-25(20)28/h2-11,16,19,30H,12-15,17H2,1H3,(H,29,32). The van der Waals surface area contributed by atoms with E-state index in [9.17, 15) is 26.0 Å². The first-order chi connectivity index (χ1) is 17.9. The van der Waals surface area contributed by atoms with E-state index in [2.05, 4.69) is 10.0 Å². The molecule has 1 fully saturated rings. The molecule has 3 aromatic rings. The molecule has 4 rings (SSSR count). The highest BCUT2D eigenvalue weighted by atomic mass is 35.5. The zero-order valence-corrected chi connectivity index (χ0v) is 22.9. The van der Waals surface area contributed by atoms with Gasteiger partial charge >= 0.3 is 0 Å². The lowest BCUT2D eigenvalue weighted by Crippen LogP contribution is -2.42. The molecule has 1 heterocycles. The van der Waals surface area contributed by atoms with E-state index in [1.807, 2.05) is 6.92 Å². The molecule has 38 heavy (non-hydrogen) atoms. The number of aryl methyl sites for hydroxylation is 1. The van der Waals surface area contributed by atoms with Crippen molar-refractivity contribution < 1.29 is 26.0 Å². The highest BCUT2D eigenvalue weighted by Crippen LogP contribution is 2.26. The molecule has 0 aliphatic carbocycles. The van der Waals surface area contributed by atoms with Crippen molar-refractivity contribution in [3.8, 4) is 0 Å². The van der Waals surface area contributed by atoms with Gasteiger partial charge in [0.15, 0.2) is 0 Å². The molecule has 1 aliphatic rings. The zero-order chi connectivity index (χ0) is 27.5. The summed E-state index contributed by atoms with van der Waals surface area (Å²) < 4.78 is 68.5. The first-order valence-corrected chi connectivity index (χ1v) is 15.3. The summed E-state index contributed by atoms with van der Waals surface area (Å²) >= 11 is 6.07. The molecule has 3 aromatic carbocycles. The lowest BCUT2D eigenvalue weighted by molar-refractivity contribution is -0.120. The van der Waals surface area contributed by atoms with E-state index in [4.69, 9.17) is 11.6 Å². The van der Waals surface area contributed by atoms with E-state index >= 15 is 0 Å². The van der Waals surface area contributed by atoms with Crippen LogP contribution >= 0.6 is 11.6 Å². The summed E-state index contributed by atoms with van der Waals surface area (Å²) in [6.45, 7) is 2.12. The molecular formula is C26H27ClFN3O5S2. The SMILES string of the molecule is Cc1ccc(NS(=O)(=O)c2ccc(NC(=O)C3CCN(S(=O)(=O)Cc4ccccc4F)CC3)cc2)cc1Cl. The second-order valence-corrected chi connectivity index (χ2v) is 13.2. The van der Waals surface area contributed by atoms with Gasteiger partial charge in [-0.25, -0.2) is 25.5 Å². The van der Waals surface area contributed by atoms with Crippen molar-refractivity contribution in [3.63, 3.8) is 0 Å². The highest BCUT2D eigenvalue weighted by Gasteiger charge is 2.31. The predicted octanol–water partition coefficient (Wildman–Crippen LogP) is 4.77. The zero-order valence-electron chi connectivity index (χ0n) is 20.5. The minimum absolute atomic E-state index is 0.0144. The second kappa shape index (κ2) is 11.4. The Morgan fingerprint density at radius 1 is 0.974 bits per heavy atom. The number of benzene rings is 3. The Labute approximate surface area is 226 Å². The first-order valence-electron chi connectivity index (χ1n) is 11.9. The third-order valence-electron chi connectivity index (χ3n) is 6.37. The first kappa shape index (κ1) is 28.0. The quantitative estimate of drug-likeness (QED) is 0.399. The van der Waals surface area contributed by atoms with Crippen LogP contribution in [-0.4, -0.2) is 40.1 Å². The van der Waals surface area contributed by atoms with Crippen LogP contribution < -0.4 is 10.0 Å². The molecule has 0 saturated carbocycles. The van der Waals surface area contributed by atoms with Crippen LogP contribution in [0.2, 0.25) is 5.02 Å². The van der Waals surface area contributed by atoms with E-state index in [1.54, 1.807) is 18.2 Å². The number of anilines is 2. The molecule has 0 unspecified atom stereocenters. The lowest BCUT2D eigenvalue weighted by Gasteiger charge is -2.30. The molecule has 0 spiro atoms. The summed E-state index contributed by atoms with van der Waals surface area (Å²) in [6, 6.07) is 16.3. The van der Waals surface area contributed by atoms with Gasteiger partial charge in [-0.15, -0.1) is 0 Å². The fourth-order valence-corrected chi connectivity index (χ4v) is 6.94. The van der Waals surface area contributed by atoms with Crippen LogP contribution in [0.5, 0.6) is 0 Å². The van der Waals surface area contributed by atoms with Gasteiger partial charge in [-0.05, 0) is 67.8 Å². The fraction of sp³-hybridized carbons (Fsp3) is 0.269. The largest absolute Gasteiger partial charge is 0.326 e. The lowest BCUT2D eigenvalue weighted by atomic mass is 9.97. The molecule has 202 valence electrons. The van der Waals surface area contributed by atoms with Gasteiger partial charge in [0.2, 0.25) is 15.9 Å². The number of hydrogen-bond donors (Lipinski definition) is 2. The number of rotatable bonds is 8. The van der Waals surface area contributed by atoms with Crippen LogP contribution in [-0.2, 0) is 30.6 Å². The van der Waals surface area contributed by atoms with Crippen molar-refractivity contribution in [3.05, 3.63) is 88.7 Å². The average molecular weight is 580 g/mol. The molecule has 0 radical (unpaired) electrons. The number of sulfonamides is 2. The highest BCUT2D eigenvalue weighted by molar-refractivity contribution is 7.92. The van der Waals surface area contributed by atoms with E-state index in [0.717, 1.165) is 5.56 Å². The Bertz CT molecular complexity index is 1540. The number of hydrogen-bond acceptors (Lipinski definition) is 5. The van der Waals surface area contributed by atoms with Gasteiger partial charge in [-0.2, -0.15) is 0 Å². The summed E-state index contributed by atoms with van der Waals surface area (Å²) in [6.07, 6.45) is 0.635. The molecule has 0 atom stereocenters. The minimum Gasteiger partial charge on any atom is -0.326 e. The van der Waals surface area contributed by atoms with Gasteiger partial charge in [-0.1, -0.05) is 35.9 Å². The van der Waals surface area contributed by atoms with Gasteiger partial charge in [0.05, 0.1) is 16.3 Å². The average Bonchev–Trinajstić information content (AvgIpc) is 2.88. The third-order valence-corrected chi connectivity index (χ3v) is 10.0. The molecule has 12 heteroatoms. The number of amides is 1. The summed E-state index contributed by atoms with van der Waals surface area (Å²) in [4.78, 5) is 12.8. The molecule has 0 bridgehead atoms. The number of nitrogens with one attached hydrogen (secondary N) is 2. The molecule has 1 aliphatic heterocycles. The van der Waals surface area contributed by atoms with Crippen molar-refractivity contribution in [2.45, 2.75) is 30.4 Å². The second-order valence-electron chi connectivity index (χ2n) is 9.10. The molecule has 1 saturated heterocycles. The van der Waals surface area contributed by atoms with E-state index in [1.165, 1.54) is 52.8 Å². The van der Waals surface area contributed by atoms with Gasteiger partial charge in [0.25, 0.3) is 10.0 Å². The summed E-state index contributed by atoms with van der Waals surface area (Å²) in [5.74, 6) is -1.69. The topological polar surface area (TPSA) is 113 Å². The molecule has 2 N–H and O–H groups in total. The number of halogens is 2. The minimum atomic E-state index is -3.86. The molecule has 1 amide bonds. The van der Waals surface area contributed by atoms with Crippen LogP contribution in [0.3, 0.4) is 0 Å². The van der Waals surface area contributed by atoms with Gasteiger partial charge < -0.3 is 5.32 Å². The van der Waals surface area contributed by atoms with Crippen molar-refractivity contribution in [1.82, 2.24) is 4.31 Å². The predicted molar refractivity (Wildman–Crippen MR) is 145 cm³/mol. The smallest absolute Gasteiger partial charge is 0.261 e. The molecule has 0 aromatic heterocycles. The van der Waals surface area contributed by atoms with Crippen molar-refractivity contribution in [2.75, 3.05) is 23.1 Å². The van der Waals surface area contributed by atoms with Crippen LogP contribution in [0.4, 0.5) is 15.8 Å². The summed E-state index contributed by atoms with van der Waals surface area (Å²) in [5, 5.41) is 3.21. The fourth-order valence-electron chi connectivity index (χ4n) is 4.13. The van der Waals surface area contributed by atoms with Crippen molar-refractivity contribution in [1.29, 1.82) is 0 Å². The van der Waals surface area contributed by atoms with E-state index in [0.29, 0.717) is 29.2 Å². The third kappa shape index (κ3) is 6.71. The van der Waals surface area contributed by atoms with Crippen LogP contribution in [0.25, 0.3) is 0 Å². The van der Waals surface area contributed by atoms with Gasteiger partial charge in [0.1, 0.15) is 5.82 Å². The monoisotopic (exact) mass is 579 g/mol. The maximum absolute atomic E-state index is 13.9. The number of nitrogens with zero attached hydrogens (tertiary/aromatic N) is 1. The van der Waals surface area contributed by atoms with Crippen molar-refractivity contribution >= 4 is 48.9 Å². The van der Waals surface area contributed by atoms with E-state index in [-0.39, 0.29) is 29.5 Å². The number of piperidine rings is 1.